The normalized spacial score (nSPS) is 23.8. The van der Waals surface area contributed by atoms with Gasteiger partial charge in [0.15, 0.2) is 29.3 Å². The summed E-state index contributed by atoms with van der Waals surface area (Å²) in [5.74, 6) is 1.85. The third kappa shape index (κ3) is 5.45. The van der Waals surface area contributed by atoms with Gasteiger partial charge in [0.25, 0.3) is 0 Å². The Kier molecular flexibility index (Phi) is 7.49. The summed E-state index contributed by atoms with van der Waals surface area (Å²) in [5, 5.41) is 32.3. The minimum absolute atomic E-state index is 0.0603. The number of ether oxygens (including phenoxy) is 1. The van der Waals surface area contributed by atoms with E-state index in [1.807, 2.05) is 36.4 Å². The molecule has 12 nitrogen and oxygen atoms in total. The van der Waals surface area contributed by atoms with E-state index in [2.05, 4.69) is 50.2 Å². The molecule has 2 aromatic carbocycles. The van der Waals surface area contributed by atoms with Crippen molar-refractivity contribution in [2.24, 2.45) is 0 Å². The Morgan fingerprint density at radius 1 is 1.00 bits per heavy atom. The second-order valence-corrected chi connectivity index (χ2v) is 11.0. The van der Waals surface area contributed by atoms with Crippen LogP contribution in [0.3, 0.4) is 0 Å². The van der Waals surface area contributed by atoms with Crippen LogP contribution in [0.25, 0.3) is 11.2 Å². The fourth-order valence-electron chi connectivity index (χ4n) is 5.85. The molecule has 43 heavy (non-hydrogen) atoms. The molecule has 0 saturated carbocycles. The average molecular weight is 583 g/mol. The van der Waals surface area contributed by atoms with Gasteiger partial charge in [-0.3, -0.25) is 4.57 Å². The van der Waals surface area contributed by atoms with E-state index >= 15 is 0 Å². The highest BCUT2D eigenvalue weighted by atomic mass is 16.6. The van der Waals surface area contributed by atoms with Gasteiger partial charge in [-0.15, -0.1) is 0 Å². The van der Waals surface area contributed by atoms with Crippen LogP contribution in [0.15, 0.2) is 77.6 Å². The molecular weight excluding hydrogens is 548 g/mol. The second-order valence-electron chi connectivity index (χ2n) is 11.0. The predicted octanol–water partition coefficient (Wildman–Crippen LogP) is 3.13. The van der Waals surface area contributed by atoms with E-state index < -0.39 is 24.5 Å². The lowest BCUT2D eigenvalue weighted by molar-refractivity contribution is -0.0438. The molecule has 3 aromatic heterocycles. The van der Waals surface area contributed by atoms with Crippen molar-refractivity contribution in [2.75, 3.05) is 30.3 Å². The van der Waals surface area contributed by atoms with Crippen molar-refractivity contribution in [3.63, 3.8) is 0 Å². The van der Waals surface area contributed by atoms with Crippen molar-refractivity contribution in [3.8, 4) is 0 Å². The van der Waals surface area contributed by atoms with Gasteiger partial charge in [-0.25, -0.2) is 9.97 Å². The Balaban J connectivity index is 1.24. The largest absolute Gasteiger partial charge is 0.443 e. The zero-order chi connectivity index (χ0) is 29.3. The van der Waals surface area contributed by atoms with Gasteiger partial charge in [0, 0.05) is 25.0 Å². The first kappa shape index (κ1) is 27.5. The summed E-state index contributed by atoms with van der Waals surface area (Å²) < 4.78 is 13.4. The summed E-state index contributed by atoms with van der Waals surface area (Å²) >= 11 is 0. The quantitative estimate of drug-likeness (QED) is 0.174. The molecule has 5 N–H and O–H groups in total. The van der Waals surface area contributed by atoms with Crippen LogP contribution in [0.4, 0.5) is 11.8 Å². The zero-order valence-corrected chi connectivity index (χ0v) is 23.7. The fourth-order valence-corrected chi connectivity index (χ4v) is 5.85. The lowest BCUT2D eigenvalue weighted by Crippen LogP contribution is -2.29. The van der Waals surface area contributed by atoms with Crippen molar-refractivity contribution in [3.05, 3.63) is 96.0 Å². The number of hydrogen-bond acceptors (Lipinski definition) is 11. The van der Waals surface area contributed by atoms with Gasteiger partial charge >= 0.3 is 0 Å². The van der Waals surface area contributed by atoms with Crippen molar-refractivity contribution >= 4 is 22.9 Å². The third-order valence-corrected chi connectivity index (χ3v) is 8.09. The standard InChI is InChI=1S/C31H34N8O4/c1-18-14-34-29(42-18)26-24(40)25(41)30(43-26)39-17-35-23-27(37-31(38-28(23)39)36-21-12-13-32-15-21)33-16-22(19-8-4-2-5-9-19)20-10-6-3-7-11-20/h2-11,14,17,21-22,24-26,30,32,40-41H,12-13,15-16H2,1H3,(H2,33,36,37,38)/t21?,24-,25+,26-,30+/m0/s1. The summed E-state index contributed by atoms with van der Waals surface area (Å²) in [7, 11) is 0. The molecule has 12 heteroatoms. The Labute approximate surface area is 248 Å². The molecule has 0 radical (unpaired) electrons. The van der Waals surface area contributed by atoms with E-state index in [1.54, 1.807) is 24.0 Å². The Bertz CT molecular complexity index is 1630. The number of aromatic nitrogens is 5. The SMILES string of the molecule is Cc1cnc([C@H]2O[C@@H](n3cnc4c(NCC(c5ccccc5)c5ccccc5)nc(NC5CCNC5)nc43)[C@H](O)[C@@H]2O)o1. The van der Waals surface area contributed by atoms with Crippen LogP contribution < -0.4 is 16.0 Å². The maximum atomic E-state index is 11.0. The molecule has 0 amide bonds. The lowest BCUT2D eigenvalue weighted by Gasteiger charge is -2.20. The zero-order valence-electron chi connectivity index (χ0n) is 23.7. The van der Waals surface area contributed by atoms with Crippen LogP contribution in [-0.4, -0.2) is 72.6 Å². The molecule has 2 aliphatic heterocycles. The highest BCUT2D eigenvalue weighted by molar-refractivity contribution is 5.84. The topological polar surface area (TPSA) is 155 Å². The maximum absolute atomic E-state index is 11.0. The molecule has 2 aliphatic rings. The maximum Gasteiger partial charge on any atom is 0.227 e. The number of rotatable bonds is 9. The van der Waals surface area contributed by atoms with E-state index in [4.69, 9.17) is 19.1 Å². The molecule has 0 bridgehead atoms. The minimum Gasteiger partial charge on any atom is -0.443 e. The number of hydrogen-bond donors (Lipinski definition) is 5. The number of aryl methyl sites for hydroxylation is 1. The highest BCUT2D eigenvalue weighted by Crippen LogP contribution is 2.40. The van der Waals surface area contributed by atoms with Crippen LogP contribution in [-0.2, 0) is 4.74 Å². The first-order valence-corrected chi connectivity index (χ1v) is 14.5. The second kappa shape index (κ2) is 11.7. The molecule has 0 spiro atoms. The monoisotopic (exact) mass is 582 g/mol. The number of imidazole rings is 1. The lowest BCUT2D eigenvalue weighted by atomic mass is 9.91. The number of oxazole rings is 1. The van der Waals surface area contributed by atoms with Gasteiger partial charge in [-0.05, 0) is 31.0 Å². The van der Waals surface area contributed by atoms with Crippen LogP contribution in [0.5, 0.6) is 0 Å². The number of anilines is 2. The smallest absolute Gasteiger partial charge is 0.227 e. The predicted molar refractivity (Wildman–Crippen MR) is 160 cm³/mol. The summed E-state index contributed by atoms with van der Waals surface area (Å²) in [6, 6.07) is 20.9. The summed E-state index contributed by atoms with van der Waals surface area (Å²) in [4.78, 5) is 18.5. The molecule has 1 unspecified atom stereocenters. The van der Waals surface area contributed by atoms with Gasteiger partial charge in [0.2, 0.25) is 11.8 Å². The number of nitrogens with one attached hydrogen (secondary N) is 3. The summed E-state index contributed by atoms with van der Waals surface area (Å²) in [6.07, 6.45) is -0.372. The number of aliphatic hydroxyl groups excluding tert-OH is 2. The molecular formula is C31H34N8O4. The molecule has 2 saturated heterocycles. The van der Waals surface area contributed by atoms with E-state index in [9.17, 15) is 10.2 Å². The Morgan fingerprint density at radius 3 is 2.40 bits per heavy atom. The highest BCUT2D eigenvalue weighted by Gasteiger charge is 2.47. The number of fused-ring (bicyclic) bond motifs is 1. The van der Waals surface area contributed by atoms with Crippen LogP contribution >= 0.6 is 0 Å². The molecule has 5 heterocycles. The van der Waals surface area contributed by atoms with Gasteiger partial charge in [-0.1, -0.05) is 60.7 Å². The van der Waals surface area contributed by atoms with Crippen LogP contribution in [0.2, 0.25) is 0 Å². The van der Waals surface area contributed by atoms with Crippen LogP contribution in [0.1, 0.15) is 47.4 Å². The van der Waals surface area contributed by atoms with Gasteiger partial charge in [0.1, 0.15) is 18.0 Å². The van der Waals surface area contributed by atoms with Crippen molar-refractivity contribution < 1.29 is 19.4 Å². The molecule has 2 fully saturated rings. The third-order valence-electron chi connectivity index (χ3n) is 8.09. The van der Waals surface area contributed by atoms with Crippen molar-refractivity contribution in [1.82, 2.24) is 29.8 Å². The van der Waals surface area contributed by atoms with Gasteiger partial charge in [-0.2, -0.15) is 9.97 Å². The van der Waals surface area contributed by atoms with E-state index in [1.165, 1.54) is 11.1 Å². The summed E-state index contributed by atoms with van der Waals surface area (Å²) in [6.45, 7) is 4.04. The first-order chi connectivity index (χ1) is 21.0. The number of aliphatic hydroxyl groups is 2. The molecule has 5 atom stereocenters. The summed E-state index contributed by atoms with van der Waals surface area (Å²) in [5.41, 5.74) is 3.34. The van der Waals surface area contributed by atoms with Gasteiger partial charge in [0.05, 0.1) is 12.5 Å². The van der Waals surface area contributed by atoms with Crippen LogP contribution in [0, 0.1) is 6.92 Å². The molecule has 7 rings (SSSR count). The average Bonchev–Trinajstić information content (AvgIpc) is 3.84. The molecule has 5 aromatic rings. The van der Waals surface area contributed by atoms with Crippen molar-refractivity contribution in [1.29, 1.82) is 0 Å². The molecule has 222 valence electrons. The van der Waals surface area contributed by atoms with E-state index in [0.717, 1.165) is 19.5 Å². The van der Waals surface area contributed by atoms with Gasteiger partial charge < -0.3 is 35.3 Å². The number of benzene rings is 2. The fraction of sp³-hybridized carbons (Fsp3) is 0.355. The van der Waals surface area contributed by atoms with E-state index in [0.29, 0.717) is 35.2 Å². The van der Waals surface area contributed by atoms with Crippen molar-refractivity contribution in [2.45, 2.75) is 49.8 Å². The van der Waals surface area contributed by atoms with E-state index in [-0.39, 0.29) is 17.9 Å². The molecule has 0 aliphatic carbocycles. The minimum atomic E-state index is -1.27. The Hall–Kier alpha value is -4.36. The Morgan fingerprint density at radius 2 is 1.74 bits per heavy atom. The number of nitrogens with zero attached hydrogens (tertiary/aromatic N) is 5. The first-order valence-electron chi connectivity index (χ1n) is 14.5.